The molecule has 2 aromatic rings. The number of amides is 1. The van der Waals surface area contributed by atoms with E-state index < -0.39 is 6.04 Å². The molecule has 0 bridgehead atoms. The molecule has 6 heteroatoms. The van der Waals surface area contributed by atoms with Crippen LogP contribution in [0.3, 0.4) is 0 Å². The van der Waals surface area contributed by atoms with E-state index in [1.807, 2.05) is 42.5 Å². The van der Waals surface area contributed by atoms with E-state index in [2.05, 4.69) is 22.3 Å². The van der Waals surface area contributed by atoms with E-state index in [0.29, 0.717) is 6.42 Å². The molecule has 1 fully saturated rings. The van der Waals surface area contributed by atoms with Crippen LogP contribution in [-0.2, 0) is 17.6 Å². The summed E-state index contributed by atoms with van der Waals surface area (Å²) in [6.07, 6.45) is 4.25. The van der Waals surface area contributed by atoms with Gasteiger partial charge in [-0.1, -0.05) is 42.5 Å². The lowest BCUT2D eigenvalue weighted by molar-refractivity contribution is -0.117. The van der Waals surface area contributed by atoms with Crippen LogP contribution in [0.2, 0.25) is 0 Å². The van der Waals surface area contributed by atoms with Crippen LogP contribution in [0.1, 0.15) is 24.0 Å². The maximum atomic E-state index is 12.3. The van der Waals surface area contributed by atoms with Crippen LogP contribution in [0.15, 0.2) is 54.6 Å². The number of carbonyl (C=O) groups excluding carboxylic acids is 1. The first-order valence-corrected chi connectivity index (χ1v) is 9.12. The number of hydrogen-bond donors (Lipinski definition) is 2. The van der Waals surface area contributed by atoms with Crippen molar-refractivity contribution in [1.82, 2.24) is 4.90 Å². The quantitative estimate of drug-likeness (QED) is 0.732. The number of carbonyl (C=O) groups is 1. The third kappa shape index (κ3) is 7.51. The second kappa shape index (κ2) is 12.0. The first kappa shape index (κ1) is 23.4. The molecule has 1 heterocycles. The Labute approximate surface area is 174 Å². The lowest BCUT2D eigenvalue weighted by Gasteiger charge is -2.15. The normalized spacial score (nSPS) is 14.7. The van der Waals surface area contributed by atoms with Crippen LogP contribution in [-0.4, -0.2) is 36.5 Å². The van der Waals surface area contributed by atoms with E-state index in [4.69, 9.17) is 5.73 Å². The number of nitrogens with zero attached hydrogens (tertiary/aromatic N) is 1. The van der Waals surface area contributed by atoms with Crippen molar-refractivity contribution in [1.29, 1.82) is 0 Å². The highest BCUT2D eigenvalue weighted by atomic mass is 35.5. The van der Waals surface area contributed by atoms with E-state index in [9.17, 15) is 4.79 Å². The van der Waals surface area contributed by atoms with E-state index in [1.54, 1.807) is 0 Å². The Morgan fingerprint density at radius 3 is 2.22 bits per heavy atom. The van der Waals surface area contributed by atoms with Crippen molar-refractivity contribution in [2.75, 3.05) is 25.0 Å². The molecule has 148 valence electrons. The van der Waals surface area contributed by atoms with Crippen LogP contribution in [0, 0.1) is 0 Å². The van der Waals surface area contributed by atoms with Crippen molar-refractivity contribution < 1.29 is 4.79 Å². The predicted octanol–water partition coefficient (Wildman–Crippen LogP) is 3.68. The number of halogens is 2. The standard InChI is InChI=1S/C21H27N3O.2ClH/c22-20(16-18-6-2-1-3-7-18)21(25)23-19-10-8-17(9-11-19)12-15-24-13-4-5-14-24;;/h1-3,6-11,20H,4-5,12-16,22H2,(H,23,25);2*1H. The molecule has 1 saturated heterocycles. The molecular formula is C21H29Cl2N3O. The molecule has 27 heavy (non-hydrogen) atoms. The Morgan fingerprint density at radius 2 is 1.59 bits per heavy atom. The van der Waals surface area contributed by atoms with Crippen LogP contribution >= 0.6 is 24.8 Å². The molecular weight excluding hydrogens is 381 g/mol. The van der Waals surface area contributed by atoms with Crippen molar-refractivity contribution in [3.05, 3.63) is 65.7 Å². The fraction of sp³-hybridized carbons (Fsp3) is 0.381. The monoisotopic (exact) mass is 409 g/mol. The average molecular weight is 410 g/mol. The minimum Gasteiger partial charge on any atom is -0.325 e. The van der Waals surface area contributed by atoms with Crippen LogP contribution in [0.5, 0.6) is 0 Å². The molecule has 1 atom stereocenters. The zero-order chi connectivity index (χ0) is 17.5. The molecule has 1 aliphatic rings. The molecule has 1 aliphatic heterocycles. The highest BCUT2D eigenvalue weighted by Crippen LogP contribution is 2.13. The van der Waals surface area contributed by atoms with Crippen molar-refractivity contribution in [2.45, 2.75) is 31.7 Å². The summed E-state index contributed by atoms with van der Waals surface area (Å²) >= 11 is 0. The molecule has 3 N–H and O–H groups in total. The number of nitrogens with one attached hydrogen (secondary N) is 1. The Balaban J connectivity index is 0.00000182. The number of hydrogen-bond acceptors (Lipinski definition) is 3. The first-order chi connectivity index (χ1) is 12.2. The van der Waals surface area contributed by atoms with Crippen molar-refractivity contribution in [3.8, 4) is 0 Å². The van der Waals surface area contributed by atoms with Gasteiger partial charge in [0.1, 0.15) is 0 Å². The number of benzene rings is 2. The fourth-order valence-corrected chi connectivity index (χ4v) is 3.24. The van der Waals surface area contributed by atoms with Crippen molar-refractivity contribution in [3.63, 3.8) is 0 Å². The molecule has 3 rings (SSSR count). The van der Waals surface area contributed by atoms with Gasteiger partial charge in [0, 0.05) is 12.2 Å². The smallest absolute Gasteiger partial charge is 0.241 e. The molecule has 2 aromatic carbocycles. The Kier molecular flexibility index (Phi) is 10.4. The third-order valence-corrected chi connectivity index (χ3v) is 4.77. The Morgan fingerprint density at radius 1 is 0.963 bits per heavy atom. The van der Waals surface area contributed by atoms with Gasteiger partial charge in [-0.25, -0.2) is 0 Å². The average Bonchev–Trinajstić information content (AvgIpc) is 3.15. The van der Waals surface area contributed by atoms with Crippen LogP contribution in [0.4, 0.5) is 5.69 Å². The van der Waals surface area contributed by atoms with E-state index >= 15 is 0 Å². The van der Waals surface area contributed by atoms with Gasteiger partial charge in [0.2, 0.25) is 5.91 Å². The van der Waals surface area contributed by atoms with E-state index in [0.717, 1.165) is 24.2 Å². The summed E-state index contributed by atoms with van der Waals surface area (Å²) in [7, 11) is 0. The van der Waals surface area contributed by atoms with Gasteiger partial charge in [-0.15, -0.1) is 24.8 Å². The Bertz CT molecular complexity index is 674. The summed E-state index contributed by atoms with van der Waals surface area (Å²) < 4.78 is 0. The fourth-order valence-electron chi connectivity index (χ4n) is 3.24. The van der Waals surface area contributed by atoms with E-state index in [-0.39, 0.29) is 30.7 Å². The zero-order valence-electron chi connectivity index (χ0n) is 15.5. The van der Waals surface area contributed by atoms with Gasteiger partial charge < -0.3 is 16.0 Å². The molecule has 0 aliphatic carbocycles. The van der Waals surface area contributed by atoms with Gasteiger partial charge >= 0.3 is 0 Å². The number of rotatable bonds is 7. The summed E-state index contributed by atoms with van der Waals surface area (Å²) in [4.78, 5) is 14.8. The second-order valence-corrected chi connectivity index (χ2v) is 6.78. The number of anilines is 1. The predicted molar refractivity (Wildman–Crippen MR) is 117 cm³/mol. The van der Waals surface area contributed by atoms with E-state index in [1.165, 1.54) is 31.5 Å². The number of likely N-dealkylation sites (tertiary alicyclic amines) is 1. The van der Waals surface area contributed by atoms with Gasteiger partial charge in [0.15, 0.2) is 0 Å². The Hall–Kier alpha value is -1.59. The van der Waals surface area contributed by atoms with Gasteiger partial charge in [0.25, 0.3) is 0 Å². The SMILES string of the molecule is Cl.Cl.NC(Cc1ccccc1)C(=O)Nc1ccc(CCN2CCCC2)cc1. The first-order valence-electron chi connectivity index (χ1n) is 9.12. The molecule has 4 nitrogen and oxygen atoms in total. The lowest BCUT2D eigenvalue weighted by Crippen LogP contribution is -2.37. The molecule has 0 saturated carbocycles. The largest absolute Gasteiger partial charge is 0.325 e. The van der Waals surface area contributed by atoms with Gasteiger partial charge in [0.05, 0.1) is 6.04 Å². The maximum absolute atomic E-state index is 12.3. The second-order valence-electron chi connectivity index (χ2n) is 6.78. The highest BCUT2D eigenvalue weighted by molar-refractivity contribution is 5.94. The molecule has 1 amide bonds. The molecule has 0 spiro atoms. The van der Waals surface area contributed by atoms with Gasteiger partial charge in [-0.05, 0) is 62.0 Å². The highest BCUT2D eigenvalue weighted by Gasteiger charge is 2.14. The van der Waals surface area contributed by atoms with Crippen LogP contribution in [0.25, 0.3) is 0 Å². The molecule has 1 unspecified atom stereocenters. The number of nitrogens with two attached hydrogens (primary N) is 1. The van der Waals surface area contributed by atoms with Gasteiger partial charge in [-0.2, -0.15) is 0 Å². The van der Waals surface area contributed by atoms with Gasteiger partial charge in [-0.3, -0.25) is 4.79 Å². The third-order valence-electron chi connectivity index (χ3n) is 4.77. The minimum absolute atomic E-state index is 0. The zero-order valence-corrected chi connectivity index (χ0v) is 17.1. The summed E-state index contributed by atoms with van der Waals surface area (Å²) in [5.41, 5.74) is 9.21. The summed E-state index contributed by atoms with van der Waals surface area (Å²) in [5, 5.41) is 2.91. The molecule has 0 radical (unpaired) electrons. The van der Waals surface area contributed by atoms with Crippen molar-refractivity contribution >= 4 is 36.4 Å². The summed E-state index contributed by atoms with van der Waals surface area (Å²) in [6.45, 7) is 3.58. The maximum Gasteiger partial charge on any atom is 0.241 e. The summed E-state index contributed by atoms with van der Waals surface area (Å²) in [5.74, 6) is -0.145. The topological polar surface area (TPSA) is 58.4 Å². The molecule has 0 aromatic heterocycles. The van der Waals surface area contributed by atoms with Crippen LogP contribution < -0.4 is 11.1 Å². The lowest BCUT2D eigenvalue weighted by atomic mass is 10.1. The summed E-state index contributed by atoms with van der Waals surface area (Å²) in [6, 6.07) is 17.4. The van der Waals surface area contributed by atoms with Crippen molar-refractivity contribution in [2.24, 2.45) is 5.73 Å². The minimum atomic E-state index is -0.544.